The zero-order chi connectivity index (χ0) is 14.9. The Labute approximate surface area is 131 Å². The zero-order valence-electron chi connectivity index (χ0n) is 10.5. The van der Waals surface area contributed by atoms with Gasteiger partial charge in [0.2, 0.25) is 10.0 Å². The van der Waals surface area contributed by atoms with Crippen LogP contribution in [0.5, 0.6) is 0 Å². The summed E-state index contributed by atoms with van der Waals surface area (Å²) in [5.41, 5.74) is 6.70. The number of hydrogen-bond donors (Lipinski definition) is 1. The highest BCUT2D eigenvalue weighted by atomic mass is 35.5. The number of nitrogens with two attached hydrogens (primary N) is 1. The molecule has 2 N–H and O–H groups in total. The molecule has 0 saturated carbocycles. The average molecular weight is 351 g/mol. The Kier molecular flexibility index (Phi) is 4.61. The summed E-state index contributed by atoms with van der Waals surface area (Å²) in [7, 11) is -2.29. The molecule has 0 atom stereocenters. The summed E-state index contributed by atoms with van der Waals surface area (Å²) >= 11 is 13.3. The third-order valence-electron chi connectivity index (χ3n) is 2.69. The van der Waals surface area contributed by atoms with Crippen molar-refractivity contribution in [1.29, 1.82) is 0 Å². The fraction of sp³-hybridized carbons (Fsp3) is 0.167. The van der Waals surface area contributed by atoms with Crippen LogP contribution in [0, 0.1) is 0 Å². The number of anilines is 1. The molecule has 1 heterocycles. The first-order valence-corrected chi connectivity index (χ1v) is 8.68. The molecule has 1 aromatic heterocycles. The van der Waals surface area contributed by atoms with Crippen molar-refractivity contribution in [3.05, 3.63) is 44.6 Å². The first-order chi connectivity index (χ1) is 9.32. The Bertz CT molecular complexity index is 692. The molecule has 0 unspecified atom stereocenters. The monoisotopic (exact) mass is 350 g/mol. The summed E-state index contributed by atoms with van der Waals surface area (Å²) in [5.74, 6) is 0. The van der Waals surface area contributed by atoms with Crippen LogP contribution in [-0.4, -0.2) is 19.8 Å². The molecule has 1 aromatic carbocycles. The Morgan fingerprint density at radius 1 is 1.35 bits per heavy atom. The second-order valence-electron chi connectivity index (χ2n) is 4.20. The normalized spacial score (nSPS) is 12.0. The van der Waals surface area contributed by atoms with Crippen molar-refractivity contribution in [2.75, 3.05) is 12.8 Å². The van der Waals surface area contributed by atoms with Crippen molar-refractivity contribution in [1.82, 2.24) is 4.31 Å². The Morgan fingerprint density at radius 2 is 2.05 bits per heavy atom. The predicted octanol–water partition coefficient (Wildman–Crippen LogP) is 3.46. The molecule has 20 heavy (non-hydrogen) atoms. The van der Waals surface area contributed by atoms with E-state index < -0.39 is 10.0 Å². The molecule has 4 nitrogen and oxygen atoms in total. The van der Waals surface area contributed by atoms with E-state index in [0.29, 0.717) is 5.02 Å². The topological polar surface area (TPSA) is 63.4 Å². The Balaban J connectivity index is 2.40. The van der Waals surface area contributed by atoms with Gasteiger partial charge in [-0.2, -0.15) is 15.6 Å². The molecule has 0 bridgehead atoms. The highest BCUT2D eigenvalue weighted by Crippen LogP contribution is 2.33. The minimum absolute atomic E-state index is 0.0205. The first-order valence-electron chi connectivity index (χ1n) is 5.54. The van der Waals surface area contributed by atoms with Gasteiger partial charge in [0.1, 0.15) is 4.90 Å². The van der Waals surface area contributed by atoms with E-state index in [-0.39, 0.29) is 22.2 Å². The van der Waals surface area contributed by atoms with Gasteiger partial charge in [-0.3, -0.25) is 0 Å². The van der Waals surface area contributed by atoms with Crippen LogP contribution in [0.3, 0.4) is 0 Å². The van der Waals surface area contributed by atoms with Gasteiger partial charge in [-0.05, 0) is 34.5 Å². The molecule has 0 radical (unpaired) electrons. The van der Waals surface area contributed by atoms with E-state index in [1.54, 1.807) is 0 Å². The lowest BCUT2D eigenvalue weighted by atomic mass is 10.3. The number of thiophene rings is 1. The maximum Gasteiger partial charge on any atom is 0.246 e. The molecule has 2 aromatic rings. The Morgan fingerprint density at radius 3 is 2.60 bits per heavy atom. The number of nitrogen functional groups attached to an aromatic ring is 1. The standard InChI is InChI=1S/C12H12Cl2N2O2S2/c1-16(6-8-2-3-19-7-8)20(17,18)12-10(14)4-9(13)5-11(12)15/h2-5,7H,6,15H2,1H3. The van der Waals surface area contributed by atoms with Gasteiger partial charge in [0, 0.05) is 18.6 Å². The third kappa shape index (κ3) is 3.10. The van der Waals surface area contributed by atoms with Crippen LogP contribution in [0.15, 0.2) is 33.9 Å². The van der Waals surface area contributed by atoms with Crippen LogP contribution in [0.1, 0.15) is 5.56 Å². The van der Waals surface area contributed by atoms with Gasteiger partial charge in [-0.15, -0.1) is 0 Å². The minimum Gasteiger partial charge on any atom is -0.398 e. The lowest BCUT2D eigenvalue weighted by Gasteiger charge is -2.19. The number of halogens is 2. The second kappa shape index (κ2) is 5.91. The molecule has 0 spiro atoms. The highest BCUT2D eigenvalue weighted by Gasteiger charge is 2.26. The van der Waals surface area contributed by atoms with Gasteiger partial charge < -0.3 is 5.73 Å². The second-order valence-corrected chi connectivity index (χ2v) is 7.80. The summed E-state index contributed by atoms with van der Waals surface area (Å²) in [6.45, 7) is 0.254. The molecule has 8 heteroatoms. The van der Waals surface area contributed by atoms with E-state index in [1.807, 2.05) is 16.8 Å². The van der Waals surface area contributed by atoms with Gasteiger partial charge in [-0.25, -0.2) is 8.42 Å². The van der Waals surface area contributed by atoms with Crippen molar-refractivity contribution in [2.45, 2.75) is 11.4 Å². The molecule has 0 aliphatic carbocycles. The van der Waals surface area contributed by atoms with Crippen molar-refractivity contribution in [3.63, 3.8) is 0 Å². The highest BCUT2D eigenvalue weighted by molar-refractivity contribution is 7.89. The van der Waals surface area contributed by atoms with Gasteiger partial charge in [0.25, 0.3) is 0 Å². The van der Waals surface area contributed by atoms with E-state index in [4.69, 9.17) is 28.9 Å². The number of benzene rings is 1. The number of sulfonamides is 1. The first kappa shape index (κ1) is 15.6. The van der Waals surface area contributed by atoms with E-state index >= 15 is 0 Å². The number of hydrogen-bond acceptors (Lipinski definition) is 4. The summed E-state index contributed by atoms with van der Waals surface area (Å²) in [6, 6.07) is 4.60. The van der Waals surface area contributed by atoms with Crippen molar-refractivity contribution in [3.8, 4) is 0 Å². The molecule has 0 fully saturated rings. The van der Waals surface area contributed by atoms with Crippen molar-refractivity contribution < 1.29 is 8.42 Å². The van der Waals surface area contributed by atoms with E-state index in [9.17, 15) is 8.42 Å². The van der Waals surface area contributed by atoms with Crippen LogP contribution in [0.4, 0.5) is 5.69 Å². The third-order valence-corrected chi connectivity index (χ3v) is 5.97. The lowest BCUT2D eigenvalue weighted by molar-refractivity contribution is 0.467. The van der Waals surface area contributed by atoms with Gasteiger partial charge >= 0.3 is 0 Å². The van der Waals surface area contributed by atoms with Gasteiger partial charge in [0.05, 0.1) is 10.7 Å². The SMILES string of the molecule is CN(Cc1ccsc1)S(=O)(=O)c1c(N)cc(Cl)cc1Cl. The maximum absolute atomic E-state index is 12.5. The minimum atomic E-state index is -3.77. The molecule has 108 valence electrons. The van der Waals surface area contributed by atoms with E-state index in [2.05, 4.69) is 0 Å². The predicted molar refractivity (Wildman–Crippen MR) is 83.8 cm³/mol. The molecule has 2 rings (SSSR count). The van der Waals surface area contributed by atoms with Crippen LogP contribution < -0.4 is 5.73 Å². The number of rotatable bonds is 4. The Hall–Kier alpha value is -0.790. The average Bonchev–Trinajstić information content (AvgIpc) is 2.79. The van der Waals surface area contributed by atoms with E-state index in [0.717, 1.165) is 5.56 Å². The zero-order valence-corrected chi connectivity index (χ0v) is 13.7. The fourth-order valence-electron chi connectivity index (χ4n) is 1.73. The van der Waals surface area contributed by atoms with Crippen LogP contribution in [0.25, 0.3) is 0 Å². The van der Waals surface area contributed by atoms with Gasteiger partial charge in [0.15, 0.2) is 0 Å². The maximum atomic E-state index is 12.5. The van der Waals surface area contributed by atoms with Crippen LogP contribution in [-0.2, 0) is 16.6 Å². The van der Waals surface area contributed by atoms with Gasteiger partial charge in [-0.1, -0.05) is 23.2 Å². The van der Waals surface area contributed by atoms with E-state index in [1.165, 1.54) is 34.8 Å². The summed E-state index contributed by atoms with van der Waals surface area (Å²) in [6.07, 6.45) is 0. The smallest absolute Gasteiger partial charge is 0.246 e. The largest absolute Gasteiger partial charge is 0.398 e. The molecule has 0 aliphatic heterocycles. The van der Waals surface area contributed by atoms with Crippen molar-refractivity contribution in [2.24, 2.45) is 0 Å². The molecular formula is C12H12Cl2N2O2S2. The molecular weight excluding hydrogens is 339 g/mol. The molecule has 0 amide bonds. The van der Waals surface area contributed by atoms with Crippen LogP contribution >= 0.6 is 34.5 Å². The summed E-state index contributed by atoms with van der Waals surface area (Å²) < 4.78 is 26.3. The fourth-order valence-corrected chi connectivity index (χ4v) is 4.49. The lowest BCUT2D eigenvalue weighted by Crippen LogP contribution is -2.27. The summed E-state index contributed by atoms with van der Waals surface area (Å²) in [4.78, 5) is -0.110. The molecule has 0 saturated heterocycles. The summed E-state index contributed by atoms with van der Waals surface area (Å²) in [5, 5.41) is 4.09. The quantitative estimate of drug-likeness (QED) is 0.858. The van der Waals surface area contributed by atoms with Crippen LogP contribution in [0.2, 0.25) is 10.0 Å². The molecule has 0 aliphatic rings. The van der Waals surface area contributed by atoms with Crippen molar-refractivity contribution >= 4 is 50.2 Å². The number of nitrogens with zero attached hydrogens (tertiary/aromatic N) is 1.